The molecule has 2 aromatic rings. The van der Waals surface area contributed by atoms with Crippen LogP contribution in [0.15, 0.2) is 48.5 Å². The lowest BCUT2D eigenvalue weighted by molar-refractivity contribution is -0.152. The minimum Gasteiger partial charge on any atom is -0.480 e. The molecule has 7 heteroatoms. The Balaban J connectivity index is 1.35. The molecular formula is C28H34N2O5. The lowest BCUT2D eigenvalue weighted by atomic mass is 9.98. The van der Waals surface area contributed by atoms with Crippen molar-refractivity contribution in [1.82, 2.24) is 10.2 Å². The largest absolute Gasteiger partial charge is 0.480 e. The Morgan fingerprint density at radius 3 is 2.26 bits per heavy atom. The third kappa shape index (κ3) is 5.50. The second-order valence-corrected chi connectivity index (χ2v) is 9.40. The van der Waals surface area contributed by atoms with Crippen molar-refractivity contribution in [3.05, 3.63) is 59.7 Å². The summed E-state index contributed by atoms with van der Waals surface area (Å²) in [4.78, 5) is 39.1. The Morgan fingerprint density at radius 2 is 1.63 bits per heavy atom. The van der Waals surface area contributed by atoms with E-state index < -0.39 is 24.0 Å². The highest BCUT2D eigenvalue weighted by Crippen LogP contribution is 2.44. The maximum absolute atomic E-state index is 13.2. The maximum Gasteiger partial charge on any atom is 0.407 e. The summed E-state index contributed by atoms with van der Waals surface area (Å²) in [7, 11) is 0. The van der Waals surface area contributed by atoms with Crippen LogP contribution in [0.25, 0.3) is 11.1 Å². The van der Waals surface area contributed by atoms with E-state index >= 15 is 0 Å². The van der Waals surface area contributed by atoms with E-state index in [1.165, 1.54) is 4.90 Å². The number of fused-ring (bicyclic) bond motifs is 3. The number of aliphatic carboxylic acids is 1. The van der Waals surface area contributed by atoms with Crippen molar-refractivity contribution in [3.8, 4) is 11.1 Å². The Labute approximate surface area is 206 Å². The van der Waals surface area contributed by atoms with E-state index in [2.05, 4.69) is 29.6 Å². The fraction of sp³-hybridized carbons (Fsp3) is 0.464. The number of alkyl carbamates (subject to hydrolysis) is 1. The van der Waals surface area contributed by atoms with Gasteiger partial charge in [-0.3, -0.25) is 4.79 Å². The minimum atomic E-state index is -0.959. The number of ether oxygens (including phenoxy) is 1. The fourth-order valence-electron chi connectivity index (χ4n) is 5.30. The second-order valence-electron chi connectivity index (χ2n) is 9.40. The number of nitrogens with one attached hydrogen (secondary N) is 1. The zero-order valence-electron chi connectivity index (χ0n) is 20.2. The summed E-state index contributed by atoms with van der Waals surface area (Å²) in [5.41, 5.74) is 4.60. The van der Waals surface area contributed by atoms with Crippen molar-refractivity contribution in [3.63, 3.8) is 0 Å². The Hall–Kier alpha value is -3.35. The molecule has 1 aliphatic carbocycles. The van der Waals surface area contributed by atoms with Gasteiger partial charge >= 0.3 is 12.1 Å². The molecule has 2 atom stereocenters. The van der Waals surface area contributed by atoms with Gasteiger partial charge in [0.1, 0.15) is 12.6 Å². The van der Waals surface area contributed by atoms with Crippen LogP contribution in [0.2, 0.25) is 0 Å². The number of carboxylic acids is 1. The number of carbonyl (C=O) groups is 3. The number of benzene rings is 2. The molecule has 2 unspecified atom stereocenters. The highest BCUT2D eigenvalue weighted by molar-refractivity contribution is 5.85. The number of hydrogen-bond acceptors (Lipinski definition) is 4. The molecule has 2 N–H and O–H groups in total. The van der Waals surface area contributed by atoms with E-state index in [1.54, 1.807) is 0 Å². The molecule has 35 heavy (non-hydrogen) atoms. The first-order valence-corrected chi connectivity index (χ1v) is 12.6. The van der Waals surface area contributed by atoms with E-state index in [-0.39, 0.29) is 25.0 Å². The molecule has 186 valence electrons. The number of rotatable bonds is 7. The van der Waals surface area contributed by atoms with Crippen LogP contribution in [0, 0.1) is 5.92 Å². The molecule has 1 aliphatic heterocycles. The summed E-state index contributed by atoms with van der Waals surface area (Å²) in [6.45, 7) is 2.64. The molecular weight excluding hydrogens is 444 g/mol. The first kappa shape index (κ1) is 24.8. The van der Waals surface area contributed by atoms with Crippen molar-refractivity contribution in [2.45, 2.75) is 57.4 Å². The zero-order valence-corrected chi connectivity index (χ0v) is 20.2. The van der Waals surface area contributed by atoms with Gasteiger partial charge in [-0.15, -0.1) is 0 Å². The van der Waals surface area contributed by atoms with Crippen LogP contribution in [0.3, 0.4) is 0 Å². The van der Waals surface area contributed by atoms with Gasteiger partial charge in [0.05, 0.1) is 5.92 Å². The first-order chi connectivity index (χ1) is 17.0. The van der Waals surface area contributed by atoms with Crippen LogP contribution < -0.4 is 5.32 Å². The number of likely N-dealkylation sites (tertiary alicyclic amines) is 1. The smallest absolute Gasteiger partial charge is 0.407 e. The van der Waals surface area contributed by atoms with E-state index in [9.17, 15) is 19.5 Å². The van der Waals surface area contributed by atoms with Crippen LogP contribution in [-0.4, -0.2) is 53.7 Å². The highest BCUT2D eigenvalue weighted by Gasteiger charge is 2.34. The summed E-state index contributed by atoms with van der Waals surface area (Å²) < 4.78 is 5.59. The lowest BCUT2D eigenvalue weighted by Crippen LogP contribution is -2.50. The van der Waals surface area contributed by atoms with Gasteiger partial charge in [-0.1, -0.05) is 74.7 Å². The SMILES string of the molecule is CCC(CNC(=O)OCC1c2ccccc2-c2ccccc21)C(=O)N1CCCCCCC1C(=O)O. The summed E-state index contributed by atoms with van der Waals surface area (Å²) in [5.74, 6) is -1.69. The van der Waals surface area contributed by atoms with Crippen molar-refractivity contribution >= 4 is 18.0 Å². The number of carbonyl (C=O) groups excluding carboxylic acids is 2. The van der Waals surface area contributed by atoms with E-state index in [4.69, 9.17) is 4.74 Å². The minimum absolute atomic E-state index is 0.0332. The van der Waals surface area contributed by atoms with Gasteiger partial charge in [0, 0.05) is 19.0 Å². The van der Waals surface area contributed by atoms with E-state index in [1.807, 2.05) is 31.2 Å². The van der Waals surface area contributed by atoms with Crippen LogP contribution in [-0.2, 0) is 14.3 Å². The topological polar surface area (TPSA) is 95.9 Å². The Bertz CT molecular complexity index is 1020. The van der Waals surface area contributed by atoms with Crippen LogP contribution in [0.1, 0.15) is 62.5 Å². The number of hydrogen-bond donors (Lipinski definition) is 2. The first-order valence-electron chi connectivity index (χ1n) is 12.6. The Kier molecular flexibility index (Phi) is 8.06. The highest BCUT2D eigenvalue weighted by atomic mass is 16.5. The van der Waals surface area contributed by atoms with E-state index in [0.717, 1.165) is 47.9 Å². The quantitative estimate of drug-likeness (QED) is 0.596. The molecule has 2 amide bonds. The molecule has 7 nitrogen and oxygen atoms in total. The number of nitrogens with zero attached hydrogens (tertiary/aromatic N) is 1. The van der Waals surface area contributed by atoms with Gasteiger partial charge in [-0.05, 0) is 41.5 Å². The van der Waals surface area contributed by atoms with Gasteiger partial charge < -0.3 is 20.1 Å². The lowest BCUT2D eigenvalue weighted by Gasteiger charge is -2.33. The van der Waals surface area contributed by atoms with E-state index in [0.29, 0.717) is 19.4 Å². The molecule has 4 rings (SSSR count). The molecule has 2 aromatic carbocycles. The average Bonchev–Trinajstić information content (AvgIpc) is 3.16. The maximum atomic E-state index is 13.2. The van der Waals surface area contributed by atoms with Crippen LogP contribution >= 0.6 is 0 Å². The summed E-state index contributed by atoms with van der Waals surface area (Å²) in [5, 5.41) is 12.4. The average molecular weight is 479 g/mol. The summed E-state index contributed by atoms with van der Waals surface area (Å²) in [6, 6.07) is 15.5. The van der Waals surface area contributed by atoms with Crippen LogP contribution in [0.5, 0.6) is 0 Å². The molecule has 1 saturated heterocycles. The van der Waals surface area contributed by atoms with Crippen molar-refractivity contribution < 1.29 is 24.2 Å². The Morgan fingerprint density at radius 1 is 1.00 bits per heavy atom. The predicted octanol–water partition coefficient (Wildman–Crippen LogP) is 4.80. The normalized spacial score (nSPS) is 18.5. The van der Waals surface area contributed by atoms with Crippen LogP contribution in [0.4, 0.5) is 4.79 Å². The number of amides is 2. The van der Waals surface area contributed by atoms with Gasteiger partial charge in [0.15, 0.2) is 0 Å². The predicted molar refractivity (Wildman–Crippen MR) is 133 cm³/mol. The van der Waals surface area contributed by atoms with Crippen molar-refractivity contribution in [1.29, 1.82) is 0 Å². The molecule has 1 fully saturated rings. The fourth-order valence-corrected chi connectivity index (χ4v) is 5.30. The summed E-state index contributed by atoms with van der Waals surface area (Å²) in [6.07, 6.45) is 3.99. The van der Waals surface area contributed by atoms with Crippen molar-refractivity contribution in [2.75, 3.05) is 19.7 Å². The van der Waals surface area contributed by atoms with Gasteiger partial charge in [-0.25, -0.2) is 9.59 Å². The van der Waals surface area contributed by atoms with Crippen molar-refractivity contribution in [2.24, 2.45) is 5.92 Å². The summed E-state index contributed by atoms with van der Waals surface area (Å²) >= 11 is 0. The standard InChI is InChI=1S/C28H34N2O5/c1-2-19(26(31)30-16-10-4-3-5-15-25(30)27(32)33)17-29-28(34)35-18-24-22-13-8-6-11-20(22)21-12-7-9-14-23(21)24/h6-9,11-14,19,24-25H,2-5,10,15-18H2,1H3,(H,29,34)(H,32,33). The number of carboxylic acid groups (broad SMARTS) is 1. The third-order valence-electron chi connectivity index (χ3n) is 7.25. The molecule has 0 spiro atoms. The zero-order chi connectivity index (χ0) is 24.8. The molecule has 0 saturated carbocycles. The molecule has 0 bridgehead atoms. The van der Waals surface area contributed by atoms with Gasteiger partial charge in [-0.2, -0.15) is 0 Å². The second kappa shape index (κ2) is 11.4. The monoisotopic (exact) mass is 478 g/mol. The molecule has 0 aromatic heterocycles. The van der Waals surface area contributed by atoms with Gasteiger partial charge in [0.25, 0.3) is 0 Å². The molecule has 0 radical (unpaired) electrons. The van der Waals surface area contributed by atoms with Gasteiger partial charge in [0.2, 0.25) is 5.91 Å². The molecule has 1 heterocycles. The molecule has 2 aliphatic rings. The third-order valence-corrected chi connectivity index (χ3v) is 7.25.